The summed E-state index contributed by atoms with van der Waals surface area (Å²) in [5, 5.41) is 8.39. The Labute approximate surface area is 271 Å². The highest BCUT2D eigenvalue weighted by Gasteiger charge is 2.42. The number of hydrogen-bond acceptors (Lipinski definition) is 3. The van der Waals surface area contributed by atoms with Crippen LogP contribution in [0.3, 0.4) is 0 Å². The predicted molar refractivity (Wildman–Crippen MR) is 185 cm³/mol. The van der Waals surface area contributed by atoms with Gasteiger partial charge in [-0.25, -0.2) is 0 Å². The Morgan fingerprint density at radius 2 is 1.13 bits per heavy atom. The second kappa shape index (κ2) is 12.3. The largest absolute Gasteiger partial charge is 0.344 e. The summed E-state index contributed by atoms with van der Waals surface area (Å²) in [4.78, 5) is 0. The number of fused-ring (bicyclic) bond motifs is 7. The van der Waals surface area contributed by atoms with Crippen LogP contribution in [0.5, 0.6) is 0 Å². The van der Waals surface area contributed by atoms with Crippen molar-refractivity contribution in [1.29, 1.82) is 1.28 Å². The third kappa shape index (κ3) is 5.63. The number of benzene rings is 4. The molecule has 6 aromatic rings. The molecule has 0 amide bonds. The molecule has 39 heavy (non-hydrogen) atoms. The van der Waals surface area contributed by atoms with Gasteiger partial charge < -0.3 is 6.13 Å². The van der Waals surface area contributed by atoms with Gasteiger partial charge in [0.25, 0.3) is 0 Å². The molecule has 1 nitrogen and oxygen atoms in total. The summed E-state index contributed by atoms with van der Waals surface area (Å²) < 4.78 is 27.7. The molecule has 4 aromatic carbocycles. The highest BCUT2D eigenvalue weighted by Crippen LogP contribution is 2.53. The normalized spacial score (nSPS) is 15.9. The Kier molecular flexibility index (Phi) is 8.04. The Bertz CT molecular complexity index is 1930. The number of terminal acetylenes is 1. The van der Waals surface area contributed by atoms with E-state index in [1.807, 2.05) is 22.7 Å². The van der Waals surface area contributed by atoms with Crippen LogP contribution < -0.4 is 6.13 Å². The van der Waals surface area contributed by atoms with Crippen LogP contribution in [0.15, 0.2) is 92.9 Å². The predicted octanol–water partition coefficient (Wildman–Crippen LogP) is 12.7. The summed E-state index contributed by atoms with van der Waals surface area (Å²) in [7, 11) is -0.0818. The molecule has 1 aliphatic rings. The van der Waals surface area contributed by atoms with Crippen molar-refractivity contribution in [3.8, 4) is 12.1 Å². The van der Waals surface area contributed by atoms with Gasteiger partial charge in [0.1, 0.15) is 4.24 Å². The lowest BCUT2D eigenvalue weighted by atomic mass is 10.1. The minimum Gasteiger partial charge on any atom is -0.344 e. The maximum Gasteiger partial charge on any atom is 0.191 e. The molecule has 0 spiro atoms. The minimum absolute atomic E-state index is 0.0394. The molecule has 7 rings (SSSR count). The summed E-state index contributed by atoms with van der Waals surface area (Å²) in [5.41, 5.74) is 2.12. The molecule has 1 atom stereocenters. The topological polar surface area (TPSA) is 35.0 Å². The number of alkyl halides is 2. The van der Waals surface area contributed by atoms with Crippen LogP contribution in [0.4, 0.5) is 0 Å². The Balaban J connectivity index is 0.000000186. The highest BCUT2D eigenvalue weighted by atomic mass is 35.5. The van der Waals surface area contributed by atoms with Crippen molar-refractivity contribution in [2.45, 2.75) is 4.33 Å². The molecule has 0 saturated carbocycles. The van der Waals surface area contributed by atoms with Gasteiger partial charge in [-0.05, 0) is 45.8 Å². The average Bonchev–Trinajstić information content (AvgIpc) is 3.55. The van der Waals surface area contributed by atoms with Gasteiger partial charge in [-0.15, -0.1) is 29.1 Å². The molecule has 2 aromatic heterocycles. The molecule has 0 bridgehead atoms. The lowest BCUT2D eigenvalue weighted by Gasteiger charge is -2.11. The lowest BCUT2D eigenvalue weighted by molar-refractivity contribution is 1.24. The van der Waals surface area contributed by atoms with E-state index in [9.17, 15) is 0 Å². The van der Waals surface area contributed by atoms with Crippen molar-refractivity contribution in [1.82, 2.24) is 6.13 Å². The Morgan fingerprint density at radius 1 is 0.795 bits per heavy atom. The first-order valence-electron chi connectivity index (χ1n) is 12.8. The first kappa shape index (κ1) is 25.5. The Morgan fingerprint density at radius 3 is 1.41 bits per heavy atom. The van der Waals surface area contributed by atoms with E-state index < -0.39 is 4.33 Å². The first-order valence-corrected chi connectivity index (χ1v) is 15.4. The van der Waals surface area contributed by atoms with E-state index in [1.54, 1.807) is 0 Å². The summed E-state index contributed by atoms with van der Waals surface area (Å²) in [5.74, 6) is 0. The number of thiophene rings is 2. The van der Waals surface area contributed by atoms with Gasteiger partial charge in [0.15, 0.2) is 4.33 Å². The molecule has 3 N–H and O–H groups in total. The van der Waals surface area contributed by atoms with Gasteiger partial charge >= 0.3 is 0 Å². The molecule has 0 radical (unpaired) electrons. The van der Waals surface area contributed by atoms with E-state index in [2.05, 4.69) is 84.9 Å². The number of rotatable bonds is 0. The minimum atomic E-state index is -1.47. The molecule has 10 heteroatoms. The van der Waals surface area contributed by atoms with Crippen molar-refractivity contribution >= 4 is 153 Å². The van der Waals surface area contributed by atoms with Crippen molar-refractivity contribution in [2.24, 2.45) is 0 Å². The molecule has 1 unspecified atom stereocenters. The van der Waals surface area contributed by atoms with Gasteiger partial charge in [0.2, 0.25) is 0 Å². The van der Waals surface area contributed by atoms with Crippen molar-refractivity contribution in [3.63, 3.8) is 0 Å². The van der Waals surface area contributed by atoms with Crippen LogP contribution in [-0.4, -0.2) is 5.61 Å². The van der Waals surface area contributed by atoms with Crippen LogP contribution in [0.25, 0.3) is 51.1 Å². The zero-order valence-corrected chi connectivity index (χ0v) is 26.7. The first-order chi connectivity index (χ1) is 20.4. The zero-order chi connectivity index (χ0) is 31.5. The van der Waals surface area contributed by atoms with Gasteiger partial charge in [0.05, 0.1) is 30.8 Å². The second-order valence-corrected chi connectivity index (χ2v) is 13.5. The van der Waals surface area contributed by atoms with E-state index in [0.29, 0.717) is 0 Å². The molecule has 0 fully saturated rings. The maximum atomic E-state index is 6.24. The molecule has 1 aliphatic carbocycles. The third-order valence-electron chi connectivity index (χ3n) is 5.94. The third-order valence-corrected chi connectivity index (χ3v) is 11.6. The van der Waals surface area contributed by atoms with E-state index in [1.165, 1.54) is 51.1 Å². The molecule has 0 aliphatic heterocycles. The fourth-order valence-corrected chi connectivity index (χ4v) is 8.46. The van der Waals surface area contributed by atoms with Gasteiger partial charge in [0, 0.05) is 20.2 Å². The average molecular weight is 694 g/mol. The van der Waals surface area contributed by atoms with E-state index in [-0.39, 0.29) is 35.4 Å². The lowest BCUT2D eigenvalue weighted by Crippen LogP contribution is -2.09. The molecular weight excluding hydrogens is 670 g/mol. The standard InChI is InChI=1S/C22H12S2.C5Cl6.C2H3P.H3N/c1-3-7-15-11-19-17(9-13(15)5-1)21-22(23-19)18-10-14-6-2-4-8-16(14)12-20(18)24-21;6-1-2(7)4(9)5(10,11)3(1)8;1-2-3;/h1-12H;;1H,3H2;1H3/i;;3D;/hT2D. The van der Waals surface area contributed by atoms with Crippen LogP contribution in [-0.2, 0) is 0 Å². The van der Waals surface area contributed by atoms with Gasteiger partial charge in [-0.3, -0.25) is 0 Å². The monoisotopic (exact) mass is 691 g/mol. The van der Waals surface area contributed by atoms with E-state index in [4.69, 9.17) is 75.1 Å². The number of allylic oxidation sites excluding steroid dienone is 4. The van der Waals surface area contributed by atoms with Crippen molar-refractivity contribution in [3.05, 3.63) is 92.9 Å². The molecule has 0 saturated heterocycles. The van der Waals surface area contributed by atoms with Crippen LogP contribution in [0, 0.1) is 12.1 Å². The quantitative estimate of drug-likeness (QED) is 0.0959. The summed E-state index contributed by atoms with van der Waals surface area (Å²) in [6.45, 7) is 0. The molecule has 2 heterocycles. The summed E-state index contributed by atoms with van der Waals surface area (Å²) >= 11 is 37.6. The summed E-state index contributed by atoms with van der Waals surface area (Å²) in [6.07, 6.45) is 4.35. The van der Waals surface area contributed by atoms with Gasteiger partial charge in [-0.1, -0.05) is 133 Å². The van der Waals surface area contributed by atoms with Crippen LogP contribution in [0.1, 0.15) is 0 Å². The SMILES string of the molecule is ClC1=C(Cl)C(Cl)(Cl)C(Cl)=C1Cl.[2H]N([3H])[3H].[2H]PC#C.c1ccc2cc3c(cc2c1)sc1c2cc4ccccc4cc2sc31. The van der Waals surface area contributed by atoms with E-state index in [0.717, 1.165) is 0 Å². The number of halogens is 6. The fraction of sp³-hybridized carbons (Fsp3) is 0.0345. The Hall–Kier alpha value is -1.25. The van der Waals surface area contributed by atoms with E-state index >= 15 is 0 Å². The smallest absolute Gasteiger partial charge is 0.191 e. The molecule has 198 valence electrons. The molecular formula is C29H18Cl6NPS2. The highest BCUT2D eigenvalue weighted by molar-refractivity contribution is 7.36. The maximum absolute atomic E-state index is 6.24. The van der Waals surface area contributed by atoms with Gasteiger partial charge in [-0.2, -0.15) is 0 Å². The summed E-state index contributed by atoms with van der Waals surface area (Å²) in [6, 6.07) is 26.7. The van der Waals surface area contributed by atoms with Crippen LogP contribution >= 0.6 is 101 Å². The second-order valence-electron chi connectivity index (χ2n) is 8.23. The van der Waals surface area contributed by atoms with Crippen molar-refractivity contribution in [2.75, 3.05) is 0 Å². The fourth-order valence-electron chi connectivity index (χ4n) is 4.19. The van der Waals surface area contributed by atoms with Crippen LogP contribution in [0.2, 0.25) is 4.24 Å². The zero-order valence-electron chi connectivity index (χ0n) is 23.5. The van der Waals surface area contributed by atoms with Crippen molar-refractivity contribution < 1.29 is 4.24 Å². The number of hydrogen-bond donors (Lipinski definition) is 1.